The predicted molar refractivity (Wildman–Crippen MR) is 61.3 cm³/mol. The van der Waals surface area contributed by atoms with Gasteiger partial charge in [0, 0.05) is 29.0 Å². The summed E-state index contributed by atoms with van der Waals surface area (Å²) in [5, 5.41) is 7.73. The van der Waals surface area contributed by atoms with Crippen LogP contribution in [0, 0.1) is 0 Å². The zero-order valence-corrected chi connectivity index (χ0v) is 9.95. The summed E-state index contributed by atoms with van der Waals surface area (Å²) in [7, 11) is 0. The molecule has 1 aromatic rings. The molecule has 4 N–H and O–H groups in total. The summed E-state index contributed by atoms with van der Waals surface area (Å²) in [5.41, 5.74) is 4.91. The maximum atomic E-state index is 10.3. The Hall–Kier alpha value is -0.590. The molecule has 0 aliphatic heterocycles. The summed E-state index contributed by atoms with van der Waals surface area (Å²) in [6.45, 7) is 2.07. The van der Waals surface area contributed by atoms with E-state index in [1.807, 2.05) is 11.4 Å². The predicted octanol–water partition coefficient (Wildman–Crippen LogP) is 1.27. The lowest BCUT2D eigenvalue weighted by Crippen LogP contribution is -2.35. The number of thiophene rings is 1. The van der Waals surface area contributed by atoms with Crippen LogP contribution < -0.4 is 16.4 Å². The van der Waals surface area contributed by atoms with Crippen LogP contribution in [0.4, 0.5) is 4.79 Å². The Bertz CT molecular complexity index is 303. The molecule has 1 rings (SSSR count). The number of nitrogens with two attached hydrogens (primary N) is 1. The molecule has 0 aliphatic rings. The van der Waals surface area contributed by atoms with Gasteiger partial charge in [0.15, 0.2) is 0 Å². The van der Waals surface area contributed by atoms with Crippen LogP contribution in [0.3, 0.4) is 0 Å². The summed E-state index contributed by atoms with van der Waals surface area (Å²) in [5.74, 6) is 0. The van der Waals surface area contributed by atoms with E-state index in [9.17, 15) is 4.79 Å². The van der Waals surface area contributed by atoms with Gasteiger partial charge in [-0.25, -0.2) is 4.79 Å². The number of nitrogens with one attached hydrogen (secondary N) is 2. The Morgan fingerprint density at radius 1 is 1.57 bits per heavy atom. The van der Waals surface area contributed by atoms with Gasteiger partial charge in [0.2, 0.25) is 0 Å². The maximum Gasteiger partial charge on any atom is 0.312 e. The summed E-state index contributed by atoms with van der Waals surface area (Å²) in [4.78, 5) is 11.6. The first-order valence-corrected chi connectivity index (χ1v) is 5.83. The van der Waals surface area contributed by atoms with Crippen LogP contribution in [0.5, 0.6) is 0 Å². The van der Waals surface area contributed by atoms with Gasteiger partial charge in [-0.05, 0) is 27.4 Å². The molecule has 0 unspecified atom stereocenters. The second-order valence-electron chi connectivity index (χ2n) is 2.66. The van der Waals surface area contributed by atoms with Crippen molar-refractivity contribution in [3.05, 3.63) is 20.8 Å². The third-order valence-electron chi connectivity index (χ3n) is 1.58. The largest absolute Gasteiger partial charge is 0.352 e. The fourth-order valence-electron chi connectivity index (χ4n) is 0.927. The minimum atomic E-state index is -0.482. The molecule has 2 amide bonds. The Balaban J connectivity index is 2.10. The van der Waals surface area contributed by atoms with Crippen molar-refractivity contribution in [3.8, 4) is 0 Å². The Kier molecular flexibility index (Phi) is 4.92. The minimum absolute atomic E-state index is 0.482. The number of hydrogen-bond acceptors (Lipinski definition) is 3. The van der Waals surface area contributed by atoms with E-state index >= 15 is 0 Å². The molecule has 0 saturated carbocycles. The summed E-state index contributed by atoms with van der Waals surface area (Å²) >= 11 is 5.13. The number of halogens is 1. The average molecular weight is 278 g/mol. The number of rotatable bonds is 5. The number of carbonyl (C=O) groups excluding carboxylic acids is 1. The van der Waals surface area contributed by atoms with Gasteiger partial charge in [-0.2, -0.15) is 0 Å². The van der Waals surface area contributed by atoms with Crippen molar-refractivity contribution in [1.82, 2.24) is 10.6 Å². The van der Waals surface area contributed by atoms with Gasteiger partial charge in [0.1, 0.15) is 0 Å². The zero-order valence-electron chi connectivity index (χ0n) is 7.55. The van der Waals surface area contributed by atoms with E-state index in [-0.39, 0.29) is 0 Å². The van der Waals surface area contributed by atoms with E-state index in [4.69, 9.17) is 5.73 Å². The van der Waals surface area contributed by atoms with Gasteiger partial charge in [0.05, 0.1) is 0 Å². The van der Waals surface area contributed by atoms with E-state index in [1.54, 1.807) is 11.3 Å². The van der Waals surface area contributed by atoms with E-state index < -0.39 is 6.03 Å². The Labute approximate surface area is 95.0 Å². The molecule has 0 aliphatic carbocycles. The number of hydrogen-bond donors (Lipinski definition) is 3. The first-order valence-electron chi connectivity index (χ1n) is 4.16. The first kappa shape index (κ1) is 11.5. The SMILES string of the molecule is NC(=O)NCCNCc1sccc1Br. The highest BCUT2D eigenvalue weighted by Crippen LogP contribution is 2.21. The van der Waals surface area contributed by atoms with Gasteiger partial charge in [-0.15, -0.1) is 11.3 Å². The van der Waals surface area contributed by atoms with Crippen molar-refractivity contribution in [2.24, 2.45) is 5.73 Å². The molecule has 0 saturated heterocycles. The van der Waals surface area contributed by atoms with Gasteiger partial charge in [-0.1, -0.05) is 0 Å². The van der Waals surface area contributed by atoms with Crippen molar-refractivity contribution in [2.75, 3.05) is 13.1 Å². The molecule has 0 radical (unpaired) electrons. The normalized spacial score (nSPS) is 10.1. The van der Waals surface area contributed by atoms with Gasteiger partial charge in [-0.3, -0.25) is 0 Å². The van der Waals surface area contributed by atoms with E-state index in [0.717, 1.165) is 11.0 Å². The van der Waals surface area contributed by atoms with Crippen LogP contribution >= 0.6 is 27.3 Å². The fraction of sp³-hybridized carbons (Fsp3) is 0.375. The number of amides is 2. The smallest absolute Gasteiger partial charge is 0.312 e. The zero-order chi connectivity index (χ0) is 10.4. The molecule has 0 atom stereocenters. The van der Waals surface area contributed by atoms with Gasteiger partial charge >= 0.3 is 6.03 Å². The molecule has 6 heteroatoms. The van der Waals surface area contributed by atoms with Crippen LogP contribution in [-0.2, 0) is 6.54 Å². The lowest BCUT2D eigenvalue weighted by atomic mass is 10.4. The molecular weight excluding hydrogens is 266 g/mol. The van der Waals surface area contributed by atoms with Crippen molar-refractivity contribution in [3.63, 3.8) is 0 Å². The fourth-order valence-corrected chi connectivity index (χ4v) is 2.39. The summed E-state index contributed by atoms with van der Waals surface area (Å²) in [6.07, 6.45) is 0. The highest BCUT2D eigenvalue weighted by molar-refractivity contribution is 9.10. The van der Waals surface area contributed by atoms with E-state index in [2.05, 4.69) is 26.6 Å². The molecule has 0 spiro atoms. The highest BCUT2D eigenvalue weighted by atomic mass is 79.9. The quantitative estimate of drug-likeness (QED) is 0.710. The molecule has 14 heavy (non-hydrogen) atoms. The average Bonchev–Trinajstić information content (AvgIpc) is 2.51. The molecule has 4 nitrogen and oxygen atoms in total. The number of urea groups is 1. The lowest BCUT2D eigenvalue weighted by Gasteiger charge is -2.03. The van der Waals surface area contributed by atoms with Crippen molar-refractivity contribution in [2.45, 2.75) is 6.54 Å². The second kappa shape index (κ2) is 6.00. The van der Waals surface area contributed by atoms with Gasteiger partial charge < -0.3 is 16.4 Å². The molecule has 0 fully saturated rings. The molecule has 78 valence electrons. The van der Waals surface area contributed by atoms with Crippen LogP contribution in [0.2, 0.25) is 0 Å². The van der Waals surface area contributed by atoms with Crippen molar-refractivity contribution in [1.29, 1.82) is 0 Å². The number of carbonyl (C=O) groups is 1. The second-order valence-corrected chi connectivity index (χ2v) is 4.51. The van der Waals surface area contributed by atoms with Crippen LogP contribution in [0.25, 0.3) is 0 Å². The third kappa shape index (κ3) is 4.08. The summed E-state index contributed by atoms with van der Waals surface area (Å²) < 4.78 is 1.12. The van der Waals surface area contributed by atoms with E-state index in [1.165, 1.54) is 4.88 Å². The monoisotopic (exact) mass is 277 g/mol. The lowest BCUT2D eigenvalue weighted by molar-refractivity contribution is 0.249. The Morgan fingerprint density at radius 3 is 2.93 bits per heavy atom. The minimum Gasteiger partial charge on any atom is -0.352 e. The van der Waals surface area contributed by atoms with Crippen LogP contribution in [0.1, 0.15) is 4.88 Å². The van der Waals surface area contributed by atoms with Crippen molar-refractivity contribution < 1.29 is 4.79 Å². The maximum absolute atomic E-state index is 10.3. The third-order valence-corrected chi connectivity index (χ3v) is 3.50. The molecule has 0 aromatic carbocycles. The van der Waals surface area contributed by atoms with Crippen LogP contribution in [0.15, 0.2) is 15.9 Å². The molecule has 0 bridgehead atoms. The first-order chi connectivity index (χ1) is 6.70. The Morgan fingerprint density at radius 2 is 2.36 bits per heavy atom. The molecular formula is C8H12BrN3OS. The number of primary amides is 1. The molecule has 1 aromatic heterocycles. The van der Waals surface area contributed by atoms with Crippen LogP contribution in [-0.4, -0.2) is 19.1 Å². The van der Waals surface area contributed by atoms with Gasteiger partial charge in [0.25, 0.3) is 0 Å². The van der Waals surface area contributed by atoms with Crippen molar-refractivity contribution >= 4 is 33.3 Å². The standard InChI is InChI=1S/C8H12BrN3OS/c9-6-1-4-14-7(6)5-11-2-3-12-8(10)13/h1,4,11H,2-3,5H2,(H3,10,12,13). The summed E-state index contributed by atoms with van der Waals surface area (Å²) in [6, 6.07) is 1.53. The molecule has 1 heterocycles. The highest BCUT2D eigenvalue weighted by Gasteiger charge is 1.99. The topological polar surface area (TPSA) is 67.2 Å². The van der Waals surface area contributed by atoms with E-state index in [0.29, 0.717) is 13.1 Å².